The van der Waals surface area contributed by atoms with Gasteiger partial charge >= 0.3 is 0 Å². The van der Waals surface area contributed by atoms with Crippen molar-refractivity contribution in [3.05, 3.63) is 89.5 Å². The molecule has 1 aliphatic rings. The van der Waals surface area contributed by atoms with E-state index in [2.05, 4.69) is 45.9 Å². The molecule has 1 aromatic carbocycles. The summed E-state index contributed by atoms with van der Waals surface area (Å²) in [5.41, 5.74) is 9.06. The highest BCUT2D eigenvalue weighted by atomic mass is 16.2. The number of aromatic amines is 3. The van der Waals surface area contributed by atoms with Crippen LogP contribution in [0.5, 0.6) is 0 Å². The number of amides is 7. The SMILES string of the molecule is CC(C)CC(=O)N[C@@H](Cc1cnc[nH]1)C(=O)N1CCCN(C(=O)[C@H](Cc2cnc[nH]2)NC(=O)CC(C)C)Cc2cc(cc(C(N)=O)c2)CN(C(=O)[C@H](Cc2cnc[nH]2)NC(=O)CC(C)C)CCC1. The zero-order valence-corrected chi connectivity index (χ0v) is 40.2. The highest BCUT2D eigenvalue weighted by Gasteiger charge is 2.32. The molecule has 7 amide bonds. The second-order valence-corrected chi connectivity index (χ2v) is 19.0. The summed E-state index contributed by atoms with van der Waals surface area (Å²) in [5.74, 6) is -2.64. The van der Waals surface area contributed by atoms with Gasteiger partial charge in [-0.1, -0.05) is 47.6 Å². The van der Waals surface area contributed by atoms with Crippen molar-refractivity contribution in [3.63, 3.8) is 0 Å². The molecule has 1 aliphatic heterocycles. The van der Waals surface area contributed by atoms with Gasteiger partial charge in [0, 0.05) is 119 Å². The van der Waals surface area contributed by atoms with Gasteiger partial charge in [-0.15, -0.1) is 0 Å². The second-order valence-electron chi connectivity index (χ2n) is 19.0. The molecule has 20 heteroatoms. The van der Waals surface area contributed by atoms with Gasteiger partial charge in [0.25, 0.3) is 0 Å². The van der Waals surface area contributed by atoms with Crippen LogP contribution in [0.1, 0.15) is 112 Å². The fourth-order valence-corrected chi connectivity index (χ4v) is 8.28. The molecule has 3 aromatic heterocycles. The fraction of sp³-hybridized carbons (Fsp3) is 0.542. The van der Waals surface area contributed by atoms with E-state index < -0.39 is 35.8 Å². The van der Waals surface area contributed by atoms with E-state index in [0.29, 0.717) is 28.2 Å². The first-order valence-corrected chi connectivity index (χ1v) is 23.5. The standard InChI is InChI=1S/C48H69N13O7/c1-30(2)13-42(62)56-39(19-36-22-50-27-53-36)46(66)59-9-7-11-60(47(67)40(20-37-23-51-28-54-37)57-43(63)14-31(3)4)25-33-16-34(18-35(17-33)45(49)65)26-61(12-8-10-59)48(68)41(21-38-24-52-29-55-38)58-44(64)15-32(5)6/h16-18,22-24,27-32,39-41H,7-15,19-21,25-26H2,1-6H3,(H2,49,65)(H,50,53)(H,51,54)(H,52,55)(H,56,62)(H,57,63)(H,58,64)/t39-,40-,41-/m0/s1. The van der Waals surface area contributed by atoms with E-state index in [-0.39, 0.29) is 138 Å². The minimum absolute atomic E-state index is 0.0181. The molecule has 3 atom stereocenters. The minimum Gasteiger partial charge on any atom is -0.366 e. The van der Waals surface area contributed by atoms with Crippen LogP contribution in [0.4, 0.5) is 0 Å². The van der Waals surface area contributed by atoms with Crippen LogP contribution in [0.15, 0.2) is 55.8 Å². The number of hydrogen-bond donors (Lipinski definition) is 7. The highest BCUT2D eigenvalue weighted by molar-refractivity contribution is 5.93. The van der Waals surface area contributed by atoms with E-state index in [9.17, 15) is 33.6 Å². The first-order chi connectivity index (χ1) is 32.4. The highest BCUT2D eigenvalue weighted by Crippen LogP contribution is 2.20. The summed E-state index contributed by atoms with van der Waals surface area (Å²) < 4.78 is 0. The predicted molar refractivity (Wildman–Crippen MR) is 253 cm³/mol. The lowest BCUT2D eigenvalue weighted by Crippen LogP contribution is -2.52. The first kappa shape index (κ1) is 52.1. The van der Waals surface area contributed by atoms with Crippen LogP contribution in [-0.2, 0) is 61.1 Å². The lowest BCUT2D eigenvalue weighted by Gasteiger charge is -2.33. The van der Waals surface area contributed by atoms with E-state index in [1.165, 1.54) is 19.0 Å². The quantitative estimate of drug-likeness (QED) is 0.0722. The Hall–Kier alpha value is -6.86. The number of primary amides is 1. The summed E-state index contributed by atoms with van der Waals surface area (Å²) in [6.45, 7) is 12.0. The first-order valence-electron chi connectivity index (χ1n) is 23.5. The van der Waals surface area contributed by atoms with Gasteiger partial charge in [0.1, 0.15) is 18.1 Å². The zero-order chi connectivity index (χ0) is 49.3. The average molecular weight is 940 g/mol. The van der Waals surface area contributed by atoms with Crippen LogP contribution < -0.4 is 21.7 Å². The number of rotatable bonds is 19. The molecule has 68 heavy (non-hydrogen) atoms. The molecule has 0 spiro atoms. The molecule has 5 rings (SSSR count). The van der Waals surface area contributed by atoms with Crippen molar-refractivity contribution in [1.29, 1.82) is 0 Å². The number of imidazole rings is 3. The molecule has 4 heterocycles. The number of nitrogens with zero attached hydrogens (tertiary/aromatic N) is 6. The van der Waals surface area contributed by atoms with E-state index >= 15 is 0 Å². The third-order valence-electron chi connectivity index (χ3n) is 11.3. The van der Waals surface area contributed by atoms with E-state index in [1.54, 1.807) is 45.4 Å². The molecule has 8 N–H and O–H groups in total. The zero-order valence-electron chi connectivity index (χ0n) is 40.2. The third kappa shape index (κ3) is 16.5. The Morgan fingerprint density at radius 2 is 0.853 bits per heavy atom. The molecule has 4 aromatic rings. The summed E-state index contributed by atoms with van der Waals surface area (Å²) in [7, 11) is 0. The van der Waals surface area contributed by atoms with E-state index in [0.717, 1.165) is 0 Å². The maximum Gasteiger partial charge on any atom is 0.248 e. The van der Waals surface area contributed by atoms with Crippen molar-refractivity contribution in [1.82, 2.24) is 60.6 Å². The van der Waals surface area contributed by atoms with Crippen LogP contribution in [0, 0.1) is 17.8 Å². The summed E-state index contributed by atoms with van der Waals surface area (Å²) in [5, 5.41) is 8.84. The maximum atomic E-state index is 14.9. The van der Waals surface area contributed by atoms with Crippen molar-refractivity contribution >= 4 is 41.4 Å². The summed E-state index contributed by atoms with van der Waals surface area (Å²) in [6.07, 6.45) is 10.8. The van der Waals surface area contributed by atoms with Gasteiger partial charge in [0.05, 0.1) is 19.0 Å². The van der Waals surface area contributed by atoms with Gasteiger partial charge in [-0.25, -0.2) is 15.0 Å². The Labute approximate surface area is 397 Å². The molecule has 20 nitrogen and oxygen atoms in total. The van der Waals surface area contributed by atoms with Crippen LogP contribution in [0.2, 0.25) is 0 Å². The van der Waals surface area contributed by atoms with Crippen LogP contribution >= 0.6 is 0 Å². The molecular weight excluding hydrogens is 871 g/mol. The van der Waals surface area contributed by atoms with Gasteiger partial charge in [0.15, 0.2) is 0 Å². The number of nitrogens with two attached hydrogens (primary N) is 1. The normalized spacial score (nSPS) is 15.1. The smallest absolute Gasteiger partial charge is 0.248 e. The number of H-pyrrole nitrogens is 3. The monoisotopic (exact) mass is 940 g/mol. The Morgan fingerprint density at radius 3 is 1.15 bits per heavy atom. The molecule has 0 saturated carbocycles. The number of hydrogen-bond acceptors (Lipinski definition) is 10. The molecule has 0 radical (unpaired) electrons. The minimum atomic E-state index is -1.00. The van der Waals surface area contributed by atoms with Crippen LogP contribution in [0.25, 0.3) is 0 Å². The van der Waals surface area contributed by atoms with Gasteiger partial charge < -0.3 is 51.3 Å². The average Bonchev–Trinajstić information content (AvgIpc) is 4.09. The Bertz CT molecular complexity index is 2170. The van der Waals surface area contributed by atoms with Crippen molar-refractivity contribution in [2.24, 2.45) is 23.5 Å². The largest absolute Gasteiger partial charge is 0.366 e. The maximum absolute atomic E-state index is 14.9. The molecule has 0 aliphatic carbocycles. The number of fused-ring (bicyclic) bond motifs is 2. The number of nitrogens with one attached hydrogen (secondary N) is 6. The van der Waals surface area contributed by atoms with Gasteiger partial charge in [0.2, 0.25) is 41.4 Å². The summed E-state index contributed by atoms with van der Waals surface area (Å²) in [6, 6.07) is 2.06. The van der Waals surface area contributed by atoms with E-state index in [1.807, 2.05) is 47.6 Å². The van der Waals surface area contributed by atoms with Crippen molar-refractivity contribution in [2.45, 2.75) is 124 Å². The Balaban J connectivity index is 1.57. The topological polar surface area (TPSA) is 277 Å². The second kappa shape index (κ2) is 25.3. The number of benzene rings is 1. The lowest BCUT2D eigenvalue weighted by molar-refractivity contribution is -0.138. The van der Waals surface area contributed by atoms with Gasteiger partial charge in [-0.05, 0) is 53.9 Å². The molecular formula is C48H69N13O7. The number of aromatic nitrogens is 6. The molecule has 0 saturated heterocycles. The third-order valence-corrected chi connectivity index (χ3v) is 11.3. The summed E-state index contributed by atoms with van der Waals surface area (Å²) in [4.78, 5) is 124. The molecule has 2 bridgehead atoms. The molecule has 368 valence electrons. The van der Waals surface area contributed by atoms with Gasteiger partial charge in [-0.2, -0.15) is 0 Å². The van der Waals surface area contributed by atoms with Crippen molar-refractivity contribution in [2.75, 3.05) is 26.2 Å². The Morgan fingerprint density at radius 1 is 0.529 bits per heavy atom. The fourth-order valence-electron chi connectivity index (χ4n) is 8.28. The van der Waals surface area contributed by atoms with Crippen molar-refractivity contribution in [3.8, 4) is 0 Å². The molecule has 0 fully saturated rings. The van der Waals surface area contributed by atoms with Crippen LogP contribution in [-0.4, -0.2) is 130 Å². The van der Waals surface area contributed by atoms with Gasteiger partial charge in [-0.3, -0.25) is 33.6 Å². The van der Waals surface area contributed by atoms with Crippen molar-refractivity contribution < 1.29 is 33.6 Å². The Kier molecular flexibility index (Phi) is 19.4. The number of carbonyl (C=O) groups is 7. The predicted octanol–water partition coefficient (Wildman–Crippen LogP) is 2.56. The molecule has 0 unspecified atom stereocenters. The summed E-state index contributed by atoms with van der Waals surface area (Å²) >= 11 is 0. The number of carbonyl (C=O) groups excluding carboxylic acids is 7. The lowest BCUT2D eigenvalue weighted by atomic mass is 10.0. The van der Waals surface area contributed by atoms with Crippen LogP contribution in [0.3, 0.4) is 0 Å². The van der Waals surface area contributed by atoms with E-state index in [4.69, 9.17) is 5.73 Å².